The Labute approximate surface area is 226 Å². The number of H-pyrrole nitrogens is 1. The molecule has 0 amide bonds. The number of benzene rings is 3. The van der Waals surface area contributed by atoms with Crippen molar-refractivity contribution in [1.29, 1.82) is 0 Å². The number of phenolic OH excluding ortho intramolecular Hbond substituents is 1. The molecule has 5 aromatic rings. The lowest BCUT2D eigenvalue weighted by Crippen LogP contribution is -2.24. The molecule has 0 aliphatic heterocycles. The topological polar surface area (TPSA) is 120 Å². The van der Waals surface area contributed by atoms with Crippen molar-refractivity contribution in [2.24, 2.45) is 0 Å². The number of aromatic amines is 1. The number of phenols is 1. The first-order valence-corrected chi connectivity index (χ1v) is 12.8. The Bertz CT molecular complexity index is 1570. The van der Waals surface area contributed by atoms with Crippen LogP contribution in [0, 0.1) is 0 Å². The van der Waals surface area contributed by atoms with Gasteiger partial charge in [0.2, 0.25) is 5.56 Å². The van der Waals surface area contributed by atoms with E-state index in [9.17, 15) is 15.0 Å². The zero-order chi connectivity index (χ0) is 27.0. The van der Waals surface area contributed by atoms with Gasteiger partial charge in [-0.15, -0.1) is 0 Å². The standard InChI is InChI=1S/C31H30N4O4/c36-28-14-12-26(27-13-15-30(38)35-31(27)28)29(37)19-32-18-16-21-4-6-22(7-5-21)34-23-8-10-25(11-9-23)39-20-24-3-1-2-17-33-24/h1-15,17,29,32,34,36-37H,16,18-20H2,(H,35,38)/t29-/m0/s1. The fraction of sp³-hybridized carbons (Fsp3) is 0.161. The van der Waals surface area contributed by atoms with Crippen LogP contribution in [0.3, 0.4) is 0 Å². The van der Waals surface area contributed by atoms with E-state index in [1.54, 1.807) is 18.3 Å². The van der Waals surface area contributed by atoms with Gasteiger partial charge in [0.05, 0.1) is 17.3 Å². The molecule has 8 nitrogen and oxygen atoms in total. The Hall–Kier alpha value is -4.66. The Morgan fingerprint density at radius 2 is 1.67 bits per heavy atom. The molecule has 0 unspecified atom stereocenters. The number of rotatable bonds is 11. The van der Waals surface area contributed by atoms with Crippen LogP contribution in [-0.2, 0) is 13.0 Å². The summed E-state index contributed by atoms with van der Waals surface area (Å²) in [6, 6.07) is 28.0. The maximum Gasteiger partial charge on any atom is 0.248 e. The molecule has 3 aromatic carbocycles. The van der Waals surface area contributed by atoms with E-state index >= 15 is 0 Å². The summed E-state index contributed by atoms with van der Waals surface area (Å²) >= 11 is 0. The average Bonchev–Trinajstić information content (AvgIpc) is 2.97. The van der Waals surface area contributed by atoms with E-state index in [2.05, 4.69) is 32.7 Å². The first kappa shape index (κ1) is 26.0. The van der Waals surface area contributed by atoms with Gasteiger partial charge in [0, 0.05) is 35.6 Å². The summed E-state index contributed by atoms with van der Waals surface area (Å²) < 4.78 is 5.79. The third-order valence-corrected chi connectivity index (χ3v) is 6.40. The predicted octanol–water partition coefficient (Wildman–Crippen LogP) is 4.82. The molecule has 0 fully saturated rings. The monoisotopic (exact) mass is 522 g/mol. The molecule has 5 rings (SSSR count). The summed E-state index contributed by atoms with van der Waals surface area (Å²) in [5.41, 5.74) is 4.69. The molecule has 2 aromatic heterocycles. The highest BCUT2D eigenvalue weighted by Crippen LogP contribution is 2.28. The Balaban J connectivity index is 1.08. The average molecular weight is 523 g/mol. The maximum atomic E-state index is 11.6. The van der Waals surface area contributed by atoms with Crippen molar-refractivity contribution in [2.75, 3.05) is 18.4 Å². The van der Waals surface area contributed by atoms with Gasteiger partial charge in [-0.2, -0.15) is 0 Å². The molecular weight excluding hydrogens is 492 g/mol. The molecule has 198 valence electrons. The second-order valence-corrected chi connectivity index (χ2v) is 9.21. The number of aliphatic hydroxyl groups excluding tert-OH is 1. The van der Waals surface area contributed by atoms with Crippen LogP contribution in [-0.4, -0.2) is 33.3 Å². The van der Waals surface area contributed by atoms with Gasteiger partial charge in [0.1, 0.15) is 18.1 Å². The molecular formula is C31H30N4O4. The van der Waals surface area contributed by atoms with E-state index in [-0.39, 0.29) is 11.3 Å². The van der Waals surface area contributed by atoms with E-state index in [4.69, 9.17) is 4.74 Å². The normalized spacial score (nSPS) is 11.8. The highest BCUT2D eigenvalue weighted by atomic mass is 16.5. The molecule has 0 aliphatic rings. The van der Waals surface area contributed by atoms with Gasteiger partial charge in [-0.05, 0) is 84.8 Å². The summed E-state index contributed by atoms with van der Waals surface area (Å²) in [7, 11) is 0. The second-order valence-electron chi connectivity index (χ2n) is 9.21. The minimum absolute atomic E-state index is 0.0211. The molecule has 0 radical (unpaired) electrons. The molecule has 5 N–H and O–H groups in total. The third kappa shape index (κ3) is 6.81. The highest BCUT2D eigenvalue weighted by molar-refractivity contribution is 5.87. The van der Waals surface area contributed by atoms with Crippen LogP contribution < -0.4 is 20.9 Å². The van der Waals surface area contributed by atoms with E-state index < -0.39 is 6.10 Å². The Morgan fingerprint density at radius 3 is 2.41 bits per heavy atom. The van der Waals surface area contributed by atoms with E-state index in [1.165, 1.54) is 17.7 Å². The van der Waals surface area contributed by atoms with Crippen molar-refractivity contribution in [1.82, 2.24) is 15.3 Å². The molecule has 8 heteroatoms. The fourth-order valence-corrected chi connectivity index (χ4v) is 4.33. The molecule has 0 bridgehead atoms. The maximum absolute atomic E-state index is 11.6. The van der Waals surface area contributed by atoms with Gasteiger partial charge in [0.25, 0.3) is 0 Å². The van der Waals surface area contributed by atoms with Crippen molar-refractivity contribution < 1.29 is 14.9 Å². The summed E-state index contributed by atoms with van der Waals surface area (Å²) in [4.78, 5) is 18.5. The molecule has 1 atom stereocenters. The van der Waals surface area contributed by atoms with Crippen molar-refractivity contribution in [3.8, 4) is 11.5 Å². The van der Waals surface area contributed by atoms with Crippen LogP contribution in [0.1, 0.15) is 22.9 Å². The predicted molar refractivity (Wildman–Crippen MR) is 153 cm³/mol. The van der Waals surface area contributed by atoms with Gasteiger partial charge < -0.3 is 30.6 Å². The van der Waals surface area contributed by atoms with E-state index in [1.807, 2.05) is 54.6 Å². The molecule has 2 heterocycles. The summed E-state index contributed by atoms with van der Waals surface area (Å²) in [5.74, 6) is 0.764. The minimum atomic E-state index is -0.780. The van der Waals surface area contributed by atoms with E-state index in [0.29, 0.717) is 36.2 Å². The lowest BCUT2D eigenvalue weighted by molar-refractivity contribution is 0.176. The van der Waals surface area contributed by atoms with Gasteiger partial charge in [-0.25, -0.2) is 0 Å². The van der Waals surface area contributed by atoms with Crippen LogP contribution >= 0.6 is 0 Å². The van der Waals surface area contributed by atoms with Crippen molar-refractivity contribution in [2.45, 2.75) is 19.1 Å². The number of aromatic nitrogens is 2. The Kier molecular flexibility index (Phi) is 8.16. The van der Waals surface area contributed by atoms with Crippen LogP contribution in [0.15, 0.2) is 102 Å². The number of hydrogen-bond donors (Lipinski definition) is 5. The lowest BCUT2D eigenvalue weighted by atomic mass is 10.0. The van der Waals surface area contributed by atoms with Crippen LogP contribution in [0.25, 0.3) is 10.9 Å². The SMILES string of the molecule is O=c1ccc2c([C@@H](O)CNCCc3ccc(Nc4ccc(OCc5ccccn5)cc4)cc3)ccc(O)c2[nH]1. The first-order chi connectivity index (χ1) is 19.0. The molecule has 0 spiro atoms. The molecule has 39 heavy (non-hydrogen) atoms. The third-order valence-electron chi connectivity index (χ3n) is 6.40. The molecule has 0 saturated heterocycles. The number of pyridine rings is 2. The summed E-state index contributed by atoms with van der Waals surface area (Å²) in [5, 5.41) is 28.0. The quantitative estimate of drug-likeness (QED) is 0.158. The number of nitrogens with one attached hydrogen (secondary N) is 3. The minimum Gasteiger partial charge on any atom is -0.506 e. The molecule has 0 aliphatic carbocycles. The Morgan fingerprint density at radius 1 is 0.897 bits per heavy atom. The van der Waals surface area contributed by atoms with Crippen molar-refractivity contribution in [3.05, 3.63) is 124 Å². The van der Waals surface area contributed by atoms with Gasteiger partial charge in [0.15, 0.2) is 0 Å². The first-order valence-electron chi connectivity index (χ1n) is 12.8. The van der Waals surface area contributed by atoms with Crippen LogP contribution in [0.2, 0.25) is 0 Å². The van der Waals surface area contributed by atoms with Gasteiger partial charge in [-0.1, -0.05) is 24.3 Å². The lowest BCUT2D eigenvalue weighted by Gasteiger charge is -2.15. The number of hydrogen-bond acceptors (Lipinski definition) is 7. The zero-order valence-corrected chi connectivity index (χ0v) is 21.3. The number of ether oxygens (including phenoxy) is 1. The summed E-state index contributed by atoms with van der Waals surface area (Å²) in [6.07, 6.45) is 1.78. The second kappa shape index (κ2) is 12.3. The number of fused-ring (bicyclic) bond motifs is 1. The van der Waals surface area contributed by atoms with Crippen molar-refractivity contribution >= 4 is 22.3 Å². The smallest absolute Gasteiger partial charge is 0.248 e. The fourth-order valence-electron chi connectivity index (χ4n) is 4.33. The van der Waals surface area contributed by atoms with E-state index in [0.717, 1.165) is 29.2 Å². The van der Waals surface area contributed by atoms with Gasteiger partial charge >= 0.3 is 0 Å². The summed E-state index contributed by atoms with van der Waals surface area (Å²) in [6.45, 7) is 1.47. The van der Waals surface area contributed by atoms with Gasteiger partial charge in [-0.3, -0.25) is 9.78 Å². The van der Waals surface area contributed by atoms with Crippen molar-refractivity contribution in [3.63, 3.8) is 0 Å². The highest BCUT2D eigenvalue weighted by Gasteiger charge is 2.13. The molecule has 0 saturated carbocycles. The number of aliphatic hydroxyl groups is 1. The number of anilines is 2. The number of nitrogens with zero attached hydrogens (tertiary/aromatic N) is 1. The zero-order valence-electron chi connectivity index (χ0n) is 21.3. The largest absolute Gasteiger partial charge is 0.506 e. The van der Waals surface area contributed by atoms with Crippen LogP contribution in [0.4, 0.5) is 11.4 Å². The number of aromatic hydroxyl groups is 1. The van der Waals surface area contributed by atoms with Crippen LogP contribution in [0.5, 0.6) is 11.5 Å².